The third kappa shape index (κ3) is 1.99. The highest BCUT2D eigenvalue weighted by molar-refractivity contribution is 5.69. The van der Waals surface area contributed by atoms with Crippen LogP contribution in [0.15, 0.2) is 17.4 Å². The second kappa shape index (κ2) is 3.12. The number of hydrogen-bond donors (Lipinski definition) is 1. The van der Waals surface area contributed by atoms with Gasteiger partial charge < -0.3 is 5.11 Å². The van der Waals surface area contributed by atoms with E-state index in [1.165, 1.54) is 0 Å². The fraction of sp³-hybridized carbons (Fsp3) is 0.333. The molecule has 0 amide bonds. The minimum absolute atomic E-state index is 0.149. The highest BCUT2D eigenvalue weighted by Crippen LogP contribution is 1.92. The van der Waals surface area contributed by atoms with E-state index in [-0.39, 0.29) is 6.42 Å². The van der Waals surface area contributed by atoms with Gasteiger partial charge in [0.2, 0.25) is 6.34 Å². The van der Waals surface area contributed by atoms with Gasteiger partial charge in [-0.25, -0.2) is 4.99 Å². The first-order valence-electron chi connectivity index (χ1n) is 2.96. The van der Waals surface area contributed by atoms with E-state index >= 15 is 0 Å². The van der Waals surface area contributed by atoms with Crippen LogP contribution in [0.1, 0.15) is 6.42 Å². The van der Waals surface area contributed by atoms with E-state index in [1.807, 2.05) is 0 Å². The molecular weight excluding hydrogens is 132 g/mol. The molecule has 1 rings (SSSR count). The Bertz CT molecular complexity index is 174. The molecule has 4 heteroatoms. The quantitative estimate of drug-likeness (QED) is 0.566. The molecule has 0 aromatic carbocycles. The van der Waals surface area contributed by atoms with Crippen LogP contribution in [-0.2, 0) is 4.79 Å². The number of rotatable bonds is 3. The summed E-state index contributed by atoms with van der Waals surface area (Å²) in [5, 5.41) is 8.28. The summed E-state index contributed by atoms with van der Waals surface area (Å²) in [6.07, 6.45) is 5.12. The Balaban J connectivity index is 2.20. The van der Waals surface area contributed by atoms with Gasteiger partial charge in [-0.15, -0.1) is 0 Å². The second-order valence-corrected chi connectivity index (χ2v) is 1.94. The van der Waals surface area contributed by atoms with Gasteiger partial charge in [-0.2, -0.15) is 0 Å². The van der Waals surface area contributed by atoms with E-state index in [9.17, 15) is 4.79 Å². The fourth-order valence-corrected chi connectivity index (χ4v) is 0.644. The second-order valence-electron chi connectivity index (χ2n) is 1.94. The van der Waals surface area contributed by atoms with Gasteiger partial charge in [0.05, 0.1) is 6.20 Å². The van der Waals surface area contributed by atoms with Gasteiger partial charge in [-0.05, 0) is 0 Å². The SMILES string of the molecule is O=C(O)CC[N+]1C=CN=C1. The number of carboxylic acids is 1. The van der Waals surface area contributed by atoms with E-state index < -0.39 is 5.97 Å². The zero-order valence-corrected chi connectivity index (χ0v) is 5.40. The molecule has 1 radical (unpaired) electrons. The molecule has 0 spiro atoms. The van der Waals surface area contributed by atoms with Gasteiger partial charge >= 0.3 is 5.97 Å². The molecule has 0 saturated heterocycles. The van der Waals surface area contributed by atoms with E-state index in [0.717, 1.165) is 0 Å². The number of hydrogen-bond acceptors (Lipinski definition) is 3. The summed E-state index contributed by atoms with van der Waals surface area (Å²) < 4.78 is 0. The largest absolute Gasteiger partial charge is 0.481 e. The number of carboxylic acid groups (broad SMARTS) is 1. The van der Waals surface area contributed by atoms with E-state index in [4.69, 9.17) is 5.11 Å². The summed E-state index contributed by atoms with van der Waals surface area (Å²) >= 11 is 0. The lowest BCUT2D eigenvalue weighted by Gasteiger charge is -1.92. The lowest BCUT2D eigenvalue weighted by molar-refractivity contribution is -0.136. The average Bonchev–Trinajstić information content (AvgIpc) is 2.34. The summed E-state index contributed by atoms with van der Waals surface area (Å²) in [5.74, 6) is -0.784. The van der Waals surface area contributed by atoms with Crippen LogP contribution in [0.5, 0.6) is 0 Å². The molecule has 0 aromatic heterocycles. The summed E-state index contributed by atoms with van der Waals surface area (Å²) in [6.45, 7) is 0.495. The van der Waals surface area contributed by atoms with Gasteiger partial charge in [0.15, 0.2) is 6.20 Å². The summed E-state index contributed by atoms with van der Waals surface area (Å²) in [4.78, 5) is 15.6. The van der Waals surface area contributed by atoms with Crippen molar-refractivity contribution in [2.24, 2.45) is 4.99 Å². The van der Waals surface area contributed by atoms with Crippen LogP contribution in [0.25, 0.3) is 0 Å². The summed E-state index contributed by atoms with van der Waals surface area (Å²) in [5.41, 5.74) is 0. The molecule has 0 atom stereocenters. The van der Waals surface area contributed by atoms with E-state index in [2.05, 4.69) is 4.99 Å². The number of nitrogens with zero attached hydrogens (tertiary/aromatic N) is 2. The minimum atomic E-state index is -0.784. The van der Waals surface area contributed by atoms with Crippen molar-refractivity contribution >= 4 is 12.3 Å². The molecule has 0 bridgehead atoms. The topological polar surface area (TPSA) is 55.6 Å². The molecule has 1 aliphatic heterocycles. The Hall–Kier alpha value is -1.16. The first-order chi connectivity index (χ1) is 4.79. The van der Waals surface area contributed by atoms with Gasteiger partial charge in [-0.1, -0.05) is 4.90 Å². The first kappa shape index (κ1) is 6.95. The van der Waals surface area contributed by atoms with Crippen LogP contribution >= 0.6 is 0 Å². The van der Waals surface area contributed by atoms with Gasteiger partial charge in [0.25, 0.3) is 0 Å². The van der Waals surface area contributed by atoms with Crippen molar-refractivity contribution in [2.75, 3.05) is 6.54 Å². The van der Waals surface area contributed by atoms with Crippen LogP contribution in [-0.4, -0.2) is 24.0 Å². The van der Waals surface area contributed by atoms with Gasteiger partial charge in [-0.3, -0.25) is 4.79 Å². The van der Waals surface area contributed by atoms with Crippen LogP contribution in [0, 0.1) is 0 Å². The maximum atomic E-state index is 10.1. The predicted octanol–water partition coefficient (Wildman–Crippen LogP) is 0.114. The molecule has 1 heterocycles. The third-order valence-corrected chi connectivity index (χ3v) is 1.14. The van der Waals surface area contributed by atoms with Gasteiger partial charge in [0, 0.05) is 0 Å². The highest BCUT2D eigenvalue weighted by atomic mass is 16.4. The van der Waals surface area contributed by atoms with Crippen molar-refractivity contribution in [3.63, 3.8) is 0 Å². The Labute approximate surface area is 58.5 Å². The van der Waals surface area contributed by atoms with Crippen molar-refractivity contribution in [1.82, 2.24) is 4.90 Å². The molecule has 1 N–H and O–H groups in total. The smallest absolute Gasteiger partial charge is 0.309 e. The van der Waals surface area contributed by atoms with Crippen molar-refractivity contribution in [3.8, 4) is 0 Å². The van der Waals surface area contributed by atoms with E-state index in [1.54, 1.807) is 23.6 Å². The van der Waals surface area contributed by atoms with Crippen LogP contribution in [0.4, 0.5) is 0 Å². The molecule has 4 nitrogen and oxygen atoms in total. The fourth-order valence-electron chi connectivity index (χ4n) is 0.644. The Morgan fingerprint density at radius 1 is 1.70 bits per heavy atom. The maximum Gasteiger partial charge on any atom is 0.309 e. The molecular formula is C6H8N2O2+. The monoisotopic (exact) mass is 140 g/mol. The summed E-state index contributed by atoms with van der Waals surface area (Å²) in [6, 6.07) is 0. The Kier molecular flexibility index (Phi) is 2.17. The molecule has 53 valence electrons. The van der Waals surface area contributed by atoms with Crippen molar-refractivity contribution in [2.45, 2.75) is 6.42 Å². The lowest BCUT2D eigenvalue weighted by atomic mass is 10.4. The average molecular weight is 140 g/mol. The standard InChI is InChI=1S/C6H8N2O2/c9-6(10)1-3-8-4-2-7-5-8/h2,4-5H,1,3H2,(H,9,10)/q+1. The number of aliphatic carboxylic acids is 1. The molecule has 1 aliphatic rings. The minimum Gasteiger partial charge on any atom is -0.481 e. The molecule has 0 aromatic rings. The molecule has 0 unspecified atom stereocenters. The number of aliphatic imine (C=N–C) groups is 1. The third-order valence-electron chi connectivity index (χ3n) is 1.14. The molecule has 0 saturated carbocycles. The van der Waals surface area contributed by atoms with Crippen LogP contribution in [0.2, 0.25) is 0 Å². The van der Waals surface area contributed by atoms with Crippen molar-refractivity contribution in [1.29, 1.82) is 0 Å². The zero-order chi connectivity index (χ0) is 7.40. The molecule has 0 fully saturated rings. The van der Waals surface area contributed by atoms with Crippen molar-refractivity contribution < 1.29 is 9.90 Å². The first-order valence-corrected chi connectivity index (χ1v) is 2.96. The zero-order valence-electron chi connectivity index (χ0n) is 5.40. The predicted molar refractivity (Wildman–Crippen MR) is 36.9 cm³/mol. The highest BCUT2D eigenvalue weighted by Gasteiger charge is 2.13. The van der Waals surface area contributed by atoms with Gasteiger partial charge in [0.1, 0.15) is 13.0 Å². The van der Waals surface area contributed by atoms with Crippen molar-refractivity contribution in [3.05, 3.63) is 12.4 Å². The Morgan fingerprint density at radius 2 is 2.50 bits per heavy atom. The van der Waals surface area contributed by atoms with Crippen LogP contribution in [0.3, 0.4) is 0 Å². The summed E-state index contributed by atoms with van der Waals surface area (Å²) in [7, 11) is 0. The number of carbonyl (C=O) groups is 1. The Morgan fingerprint density at radius 3 is 3.00 bits per heavy atom. The molecule has 0 aliphatic carbocycles. The lowest BCUT2D eigenvalue weighted by Crippen LogP contribution is -2.22. The molecule has 10 heavy (non-hydrogen) atoms. The normalized spacial score (nSPS) is 16.4. The van der Waals surface area contributed by atoms with E-state index in [0.29, 0.717) is 6.54 Å². The maximum absolute atomic E-state index is 10.1. The van der Waals surface area contributed by atoms with Crippen LogP contribution < -0.4 is 4.90 Å².